The molecule has 0 aromatic heterocycles. The summed E-state index contributed by atoms with van der Waals surface area (Å²) in [4.78, 5) is 0.238. The molecule has 0 N–H and O–H groups in total. The molecule has 0 aliphatic heterocycles. The van der Waals surface area contributed by atoms with Crippen molar-refractivity contribution in [2.24, 2.45) is 0 Å². The zero-order valence-electron chi connectivity index (χ0n) is 15.9. The maximum atomic E-state index is 13.9. The molecule has 0 heterocycles. The van der Waals surface area contributed by atoms with Crippen molar-refractivity contribution in [3.05, 3.63) is 42.4 Å². The molecular formula is C18H18Br8O4S. The smallest absolute Gasteiger partial charge is 0.213 e. The van der Waals surface area contributed by atoms with Crippen LogP contribution < -0.4 is 0 Å². The van der Waals surface area contributed by atoms with E-state index in [1.165, 1.54) is 0 Å². The van der Waals surface area contributed by atoms with Crippen molar-refractivity contribution in [1.29, 1.82) is 0 Å². The zero-order valence-corrected chi connectivity index (χ0v) is 29.4. The van der Waals surface area contributed by atoms with Crippen molar-refractivity contribution >= 4 is 137 Å². The molecule has 0 aromatic carbocycles. The highest BCUT2D eigenvalue weighted by Gasteiger charge is 2.42. The molecule has 2 aliphatic rings. The van der Waals surface area contributed by atoms with Crippen LogP contribution in [0, 0.1) is 0 Å². The molecule has 0 amide bonds. The maximum absolute atomic E-state index is 13.9. The van der Waals surface area contributed by atoms with Gasteiger partial charge in [-0.25, -0.2) is 8.42 Å². The summed E-state index contributed by atoms with van der Waals surface area (Å²) in [5.74, 6) is 0.786. The number of rotatable bonds is 10. The van der Waals surface area contributed by atoms with Crippen LogP contribution in [0.1, 0.15) is 25.7 Å². The molecule has 0 spiro atoms. The second-order valence-electron chi connectivity index (χ2n) is 6.61. The molecular weight excluding hydrogens is 951 g/mol. The number of sulfone groups is 1. The molecule has 0 radical (unpaired) electrons. The first-order valence-corrected chi connectivity index (χ1v) is 17.4. The van der Waals surface area contributed by atoms with Crippen molar-refractivity contribution in [3.8, 4) is 0 Å². The van der Waals surface area contributed by atoms with Gasteiger partial charge in [-0.1, -0.05) is 127 Å². The van der Waals surface area contributed by atoms with Crippen LogP contribution in [0.15, 0.2) is 42.4 Å². The summed E-state index contributed by atoms with van der Waals surface area (Å²) in [5.41, 5.74) is 0. The van der Waals surface area contributed by atoms with Gasteiger partial charge in [-0.15, -0.1) is 0 Å². The highest BCUT2D eigenvalue weighted by atomic mass is 79.9. The van der Waals surface area contributed by atoms with E-state index < -0.39 is 16.3 Å². The molecule has 0 unspecified atom stereocenters. The molecule has 0 fully saturated rings. The monoisotopic (exact) mass is 961 g/mol. The van der Waals surface area contributed by atoms with Crippen LogP contribution in [-0.4, -0.2) is 38.8 Å². The van der Waals surface area contributed by atoms with Gasteiger partial charge in [0.1, 0.15) is 27.8 Å². The van der Waals surface area contributed by atoms with E-state index in [0.717, 1.165) is 23.5 Å². The van der Waals surface area contributed by atoms with Gasteiger partial charge < -0.3 is 9.47 Å². The first kappa shape index (κ1) is 29.6. The number of allylic oxidation sites excluding steroid dienone is 6. The van der Waals surface area contributed by atoms with Crippen molar-refractivity contribution in [2.45, 2.75) is 32.2 Å². The molecule has 13 heteroatoms. The normalized spacial score (nSPS) is 21.0. The van der Waals surface area contributed by atoms with Crippen LogP contribution in [-0.2, 0) is 19.3 Å². The van der Waals surface area contributed by atoms with Gasteiger partial charge in [-0.2, -0.15) is 0 Å². The Bertz CT molecular complexity index is 851. The lowest BCUT2D eigenvalue weighted by Gasteiger charge is -2.31. The van der Waals surface area contributed by atoms with Gasteiger partial charge in [0.05, 0.1) is 13.2 Å². The molecule has 2 aliphatic carbocycles. The third kappa shape index (κ3) is 7.67. The molecule has 4 nitrogen and oxygen atoms in total. The van der Waals surface area contributed by atoms with Gasteiger partial charge in [0, 0.05) is 32.5 Å². The Labute approximate surface area is 250 Å². The summed E-state index contributed by atoms with van der Waals surface area (Å²) in [6.07, 6.45) is 5.31. The summed E-state index contributed by atoms with van der Waals surface area (Å²) in [7, 11) is -3.93. The van der Waals surface area contributed by atoms with Gasteiger partial charge in [-0.05, 0) is 25.0 Å². The van der Waals surface area contributed by atoms with Gasteiger partial charge in [-0.3, -0.25) is 0 Å². The summed E-state index contributed by atoms with van der Waals surface area (Å²) in [6.45, 7) is 0.806. The van der Waals surface area contributed by atoms with Crippen LogP contribution in [0.25, 0.3) is 0 Å². The van der Waals surface area contributed by atoms with E-state index in [9.17, 15) is 8.42 Å². The van der Waals surface area contributed by atoms with Crippen LogP contribution in [0.2, 0.25) is 0 Å². The second kappa shape index (κ2) is 12.5. The molecule has 0 bridgehead atoms. The van der Waals surface area contributed by atoms with E-state index in [4.69, 9.17) is 9.47 Å². The van der Waals surface area contributed by atoms with Crippen LogP contribution in [0.4, 0.5) is 0 Å². The predicted molar refractivity (Wildman–Crippen MR) is 156 cm³/mol. The van der Waals surface area contributed by atoms with E-state index >= 15 is 0 Å². The predicted octanol–water partition coefficient (Wildman–Crippen LogP) is 8.76. The number of ether oxygens (including phenoxy) is 2. The largest absolute Gasteiger partial charge is 0.496 e. The van der Waals surface area contributed by atoms with Gasteiger partial charge >= 0.3 is 0 Å². The molecule has 176 valence electrons. The van der Waals surface area contributed by atoms with Gasteiger partial charge in [0.2, 0.25) is 9.84 Å². The standard InChI is InChI=1S/C18H18Br8O4S/c19-3-1-5-29-11-9-17(23,24)15(21)7-13(11)31(27,28)14-8-16(22)18(25,26)10-12(14)30-6-2-4-20/h7-8H,1-6,9-10H2. The minimum atomic E-state index is -3.93. The quantitative estimate of drug-likeness (QED) is 0.163. The van der Waals surface area contributed by atoms with Crippen LogP contribution in [0.3, 0.4) is 0 Å². The number of alkyl halides is 6. The molecule has 0 saturated heterocycles. The summed E-state index contributed by atoms with van der Waals surface area (Å²) in [6, 6.07) is 0. The van der Waals surface area contributed by atoms with Crippen molar-refractivity contribution in [1.82, 2.24) is 0 Å². The average Bonchev–Trinajstić information content (AvgIpc) is 2.66. The number of hydrogen-bond donors (Lipinski definition) is 0. The van der Waals surface area contributed by atoms with E-state index in [2.05, 4.69) is 127 Å². The number of halogens is 8. The molecule has 31 heavy (non-hydrogen) atoms. The summed E-state index contributed by atoms with van der Waals surface area (Å²) in [5, 5.41) is 1.53. The topological polar surface area (TPSA) is 52.6 Å². The lowest BCUT2D eigenvalue weighted by atomic mass is 10.1. The van der Waals surface area contributed by atoms with Crippen molar-refractivity contribution in [2.75, 3.05) is 23.9 Å². The van der Waals surface area contributed by atoms with E-state index in [1.54, 1.807) is 12.2 Å². The third-order valence-electron chi connectivity index (χ3n) is 4.22. The molecule has 2 rings (SSSR count). The Kier molecular flexibility index (Phi) is 12.0. The minimum absolute atomic E-state index is 0.119. The fourth-order valence-corrected chi connectivity index (χ4v) is 7.29. The van der Waals surface area contributed by atoms with Crippen molar-refractivity contribution in [3.63, 3.8) is 0 Å². The Morgan fingerprint density at radius 2 is 1.13 bits per heavy atom. The van der Waals surface area contributed by atoms with Crippen LogP contribution >= 0.6 is 127 Å². The maximum Gasteiger partial charge on any atom is 0.213 e. The van der Waals surface area contributed by atoms with E-state index in [1.807, 2.05) is 0 Å². The Hall–Kier alpha value is 2.35. The highest BCUT2D eigenvalue weighted by molar-refractivity contribution is 9.27. The van der Waals surface area contributed by atoms with Crippen molar-refractivity contribution < 1.29 is 17.9 Å². The minimum Gasteiger partial charge on any atom is -0.496 e. The third-order valence-corrected chi connectivity index (χ3v) is 14.0. The zero-order chi connectivity index (χ0) is 23.4. The Morgan fingerprint density at radius 3 is 1.45 bits per heavy atom. The van der Waals surface area contributed by atoms with E-state index in [0.29, 0.717) is 46.5 Å². The Morgan fingerprint density at radius 1 is 0.774 bits per heavy atom. The lowest BCUT2D eigenvalue weighted by Crippen LogP contribution is -2.26. The highest BCUT2D eigenvalue weighted by Crippen LogP contribution is 2.52. The summed E-state index contributed by atoms with van der Waals surface area (Å²) >= 11 is 28.1. The van der Waals surface area contributed by atoms with E-state index in [-0.39, 0.29) is 9.81 Å². The fraction of sp³-hybridized carbons (Fsp3) is 0.556. The lowest BCUT2D eigenvalue weighted by molar-refractivity contribution is 0.201. The van der Waals surface area contributed by atoms with Gasteiger partial charge in [0.25, 0.3) is 0 Å². The fourth-order valence-electron chi connectivity index (χ4n) is 2.67. The van der Waals surface area contributed by atoms with Crippen LogP contribution in [0.5, 0.6) is 0 Å². The number of hydrogen-bond acceptors (Lipinski definition) is 4. The molecule has 0 saturated carbocycles. The first-order valence-electron chi connectivity index (χ1n) is 8.96. The summed E-state index contributed by atoms with van der Waals surface area (Å²) < 4.78 is 39.6. The Balaban J connectivity index is 2.60. The van der Waals surface area contributed by atoms with Gasteiger partial charge in [0.15, 0.2) is 0 Å². The molecule has 0 atom stereocenters. The second-order valence-corrected chi connectivity index (χ2v) is 19.3. The average molecular weight is 970 g/mol. The molecule has 0 aromatic rings. The first-order chi connectivity index (χ1) is 14.4. The SMILES string of the molecule is O=S(=O)(C1=C(OCCCBr)CC(Br)(Br)C(Br)=C1)C1=C(OCCCBr)CC(Br)(Br)C(Br)=C1.